The van der Waals surface area contributed by atoms with E-state index >= 15 is 0 Å². The molecule has 3 N–H and O–H groups in total. The van der Waals surface area contributed by atoms with Crippen LogP contribution in [0.15, 0.2) is 35.0 Å². The minimum atomic E-state index is -0.556. The van der Waals surface area contributed by atoms with Crippen LogP contribution < -0.4 is 20.5 Å². The molecular formula is C22H26Cl4N4O4. The van der Waals surface area contributed by atoms with Crippen LogP contribution in [-0.4, -0.2) is 29.1 Å². The maximum Gasteiger partial charge on any atom is 0.273 e. The molecule has 1 unspecified atom stereocenters. The predicted octanol–water partition coefficient (Wildman–Crippen LogP) is 5.63. The SMILES string of the molecule is CCOc1ccc(-c2nc(C(=O)NCc3c(Cl)cncc3Cl)c(C(C)N)o2)cc1OCC.Cl.Cl. The molecule has 0 saturated heterocycles. The number of nitrogens with two attached hydrogens (primary N) is 1. The molecule has 0 bridgehead atoms. The average molecular weight is 552 g/mol. The molecule has 0 spiro atoms. The van der Waals surface area contributed by atoms with E-state index in [1.54, 1.807) is 25.1 Å². The summed E-state index contributed by atoms with van der Waals surface area (Å²) in [5.41, 5.74) is 7.29. The molecule has 0 radical (unpaired) electrons. The van der Waals surface area contributed by atoms with E-state index in [4.69, 9.17) is 42.8 Å². The number of halogens is 4. The smallest absolute Gasteiger partial charge is 0.273 e. The second-order valence-corrected chi connectivity index (χ2v) is 7.63. The van der Waals surface area contributed by atoms with Gasteiger partial charge in [0.25, 0.3) is 5.91 Å². The third kappa shape index (κ3) is 6.90. The molecule has 34 heavy (non-hydrogen) atoms. The van der Waals surface area contributed by atoms with Gasteiger partial charge in [0, 0.05) is 30.1 Å². The van der Waals surface area contributed by atoms with E-state index in [9.17, 15) is 4.79 Å². The van der Waals surface area contributed by atoms with Crippen LogP contribution in [0.3, 0.4) is 0 Å². The number of oxazole rings is 1. The van der Waals surface area contributed by atoms with E-state index in [0.29, 0.717) is 45.9 Å². The summed E-state index contributed by atoms with van der Waals surface area (Å²) in [6, 6.07) is 4.75. The third-order valence-electron chi connectivity index (χ3n) is 4.45. The minimum absolute atomic E-state index is 0. The van der Waals surface area contributed by atoms with Gasteiger partial charge < -0.3 is 24.9 Å². The van der Waals surface area contributed by atoms with Gasteiger partial charge in [-0.2, -0.15) is 0 Å². The van der Waals surface area contributed by atoms with E-state index in [2.05, 4.69) is 15.3 Å². The first-order valence-corrected chi connectivity index (χ1v) is 10.8. The van der Waals surface area contributed by atoms with E-state index in [1.807, 2.05) is 13.8 Å². The number of carbonyl (C=O) groups is 1. The lowest BCUT2D eigenvalue weighted by Gasteiger charge is -2.11. The van der Waals surface area contributed by atoms with Crippen LogP contribution in [-0.2, 0) is 6.54 Å². The zero-order valence-corrected chi connectivity index (χ0v) is 21.9. The fourth-order valence-electron chi connectivity index (χ4n) is 2.97. The molecule has 0 aliphatic heterocycles. The number of nitrogens with one attached hydrogen (secondary N) is 1. The maximum atomic E-state index is 12.9. The lowest BCUT2D eigenvalue weighted by Crippen LogP contribution is -2.25. The third-order valence-corrected chi connectivity index (χ3v) is 5.10. The summed E-state index contributed by atoms with van der Waals surface area (Å²) in [6.07, 6.45) is 2.91. The molecule has 0 aliphatic rings. The van der Waals surface area contributed by atoms with Crippen molar-refractivity contribution in [1.29, 1.82) is 0 Å². The summed E-state index contributed by atoms with van der Waals surface area (Å²) < 4.78 is 17.1. The van der Waals surface area contributed by atoms with Crippen LogP contribution in [0.2, 0.25) is 10.0 Å². The second kappa shape index (κ2) is 13.6. The molecule has 12 heteroatoms. The van der Waals surface area contributed by atoms with Crippen molar-refractivity contribution in [2.45, 2.75) is 33.4 Å². The summed E-state index contributed by atoms with van der Waals surface area (Å²) >= 11 is 12.3. The van der Waals surface area contributed by atoms with Gasteiger partial charge in [0.05, 0.1) is 29.3 Å². The Morgan fingerprint density at radius 2 is 1.74 bits per heavy atom. The van der Waals surface area contributed by atoms with Crippen LogP contribution >= 0.6 is 48.0 Å². The number of pyridine rings is 1. The molecule has 0 saturated carbocycles. The number of nitrogens with zero attached hydrogens (tertiary/aromatic N) is 2. The number of amides is 1. The van der Waals surface area contributed by atoms with Gasteiger partial charge in [-0.15, -0.1) is 24.8 Å². The number of carbonyl (C=O) groups excluding carboxylic acids is 1. The molecule has 8 nitrogen and oxygen atoms in total. The minimum Gasteiger partial charge on any atom is -0.490 e. The van der Waals surface area contributed by atoms with Gasteiger partial charge in [0.15, 0.2) is 23.0 Å². The molecule has 3 rings (SSSR count). The summed E-state index contributed by atoms with van der Waals surface area (Å²) in [5, 5.41) is 3.46. The fraction of sp³-hybridized carbons (Fsp3) is 0.318. The number of ether oxygens (including phenoxy) is 2. The average Bonchev–Trinajstić information content (AvgIpc) is 3.21. The summed E-state index contributed by atoms with van der Waals surface area (Å²) in [4.78, 5) is 21.2. The van der Waals surface area contributed by atoms with E-state index in [-0.39, 0.29) is 48.7 Å². The first-order valence-electron chi connectivity index (χ1n) is 10.1. The zero-order chi connectivity index (χ0) is 23.3. The quantitative estimate of drug-likeness (QED) is 0.354. The van der Waals surface area contributed by atoms with Crippen LogP contribution in [0.5, 0.6) is 11.5 Å². The topological polar surface area (TPSA) is 112 Å². The largest absolute Gasteiger partial charge is 0.490 e. The van der Waals surface area contributed by atoms with Crippen molar-refractivity contribution < 1.29 is 18.7 Å². The Kier molecular flexibility index (Phi) is 11.9. The Morgan fingerprint density at radius 3 is 2.32 bits per heavy atom. The van der Waals surface area contributed by atoms with Crippen LogP contribution in [0.25, 0.3) is 11.5 Å². The molecule has 2 aromatic heterocycles. The van der Waals surface area contributed by atoms with Crippen LogP contribution in [0, 0.1) is 0 Å². The highest BCUT2D eigenvalue weighted by atomic mass is 35.5. The summed E-state index contributed by atoms with van der Waals surface area (Å²) in [7, 11) is 0. The molecule has 0 aliphatic carbocycles. The number of aromatic nitrogens is 2. The number of hydrogen-bond donors (Lipinski definition) is 2. The van der Waals surface area contributed by atoms with Gasteiger partial charge in [-0.1, -0.05) is 23.2 Å². The molecule has 3 aromatic rings. The van der Waals surface area contributed by atoms with E-state index in [1.165, 1.54) is 12.4 Å². The van der Waals surface area contributed by atoms with Crippen molar-refractivity contribution in [2.24, 2.45) is 5.73 Å². The molecule has 1 atom stereocenters. The van der Waals surface area contributed by atoms with Crippen LogP contribution in [0.1, 0.15) is 48.6 Å². The molecular weight excluding hydrogens is 526 g/mol. The normalized spacial score (nSPS) is 11.1. The highest BCUT2D eigenvalue weighted by molar-refractivity contribution is 6.35. The monoisotopic (exact) mass is 550 g/mol. The van der Waals surface area contributed by atoms with Crippen molar-refractivity contribution >= 4 is 53.9 Å². The molecule has 1 amide bonds. The lowest BCUT2D eigenvalue weighted by atomic mass is 10.2. The second-order valence-electron chi connectivity index (χ2n) is 6.81. The van der Waals surface area contributed by atoms with Crippen molar-refractivity contribution in [3.63, 3.8) is 0 Å². The van der Waals surface area contributed by atoms with Gasteiger partial charge in [-0.25, -0.2) is 4.98 Å². The standard InChI is InChI=1S/C22H24Cl2N4O4.2ClH/c1-4-30-17-7-6-13(8-18(17)31-5-2)22-28-19(20(32-22)12(3)25)21(29)27-9-14-15(23)10-26-11-16(14)24;;/h6-8,10-12H,4-5,9,25H2,1-3H3,(H,27,29);2*1H. The van der Waals surface area contributed by atoms with Crippen molar-refractivity contribution in [3.8, 4) is 23.0 Å². The maximum absolute atomic E-state index is 12.9. The Morgan fingerprint density at radius 1 is 1.12 bits per heavy atom. The molecule has 0 fully saturated rings. The highest BCUT2D eigenvalue weighted by Gasteiger charge is 2.24. The molecule has 2 heterocycles. The Labute approximate surface area is 220 Å². The van der Waals surface area contributed by atoms with Gasteiger partial charge >= 0.3 is 0 Å². The Bertz CT molecular complexity index is 1090. The number of rotatable bonds is 9. The predicted molar refractivity (Wildman–Crippen MR) is 137 cm³/mol. The number of hydrogen-bond acceptors (Lipinski definition) is 7. The highest BCUT2D eigenvalue weighted by Crippen LogP contribution is 2.34. The molecule has 1 aromatic carbocycles. The lowest BCUT2D eigenvalue weighted by molar-refractivity contribution is 0.0944. The van der Waals surface area contributed by atoms with Crippen molar-refractivity contribution in [2.75, 3.05) is 13.2 Å². The van der Waals surface area contributed by atoms with Gasteiger partial charge in [0.2, 0.25) is 5.89 Å². The first-order chi connectivity index (χ1) is 15.3. The van der Waals surface area contributed by atoms with E-state index < -0.39 is 11.9 Å². The van der Waals surface area contributed by atoms with Gasteiger partial charge in [0.1, 0.15) is 0 Å². The van der Waals surface area contributed by atoms with Crippen LogP contribution in [0.4, 0.5) is 0 Å². The first kappa shape index (κ1) is 29.8. The van der Waals surface area contributed by atoms with E-state index in [0.717, 1.165) is 0 Å². The Balaban J connectivity index is 0.00000289. The zero-order valence-electron chi connectivity index (χ0n) is 18.8. The fourth-order valence-corrected chi connectivity index (χ4v) is 3.47. The summed E-state index contributed by atoms with van der Waals surface area (Å²) in [6.45, 7) is 6.55. The summed E-state index contributed by atoms with van der Waals surface area (Å²) in [5.74, 6) is 1.21. The Hall–Kier alpha value is -2.23. The number of benzene rings is 1. The van der Waals surface area contributed by atoms with Crippen molar-refractivity contribution in [1.82, 2.24) is 15.3 Å². The molecule has 186 valence electrons. The van der Waals surface area contributed by atoms with Crippen molar-refractivity contribution in [3.05, 3.63) is 57.7 Å². The van der Waals surface area contributed by atoms with Gasteiger partial charge in [-0.05, 0) is 39.0 Å². The van der Waals surface area contributed by atoms with Gasteiger partial charge in [-0.3, -0.25) is 9.78 Å².